The van der Waals surface area contributed by atoms with Gasteiger partial charge in [-0.3, -0.25) is 5.32 Å². The third-order valence-electron chi connectivity index (χ3n) is 3.02. The summed E-state index contributed by atoms with van der Waals surface area (Å²) in [6.45, 7) is 2.10. The van der Waals surface area contributed by atoms with Crippen molar-refractivity contribution in [1.29, 1.82) is 0 Å². The Balaban J connectivity index is 2.14. The average molecular weight is 286 g/mol. The number of hydrogen-bond donors (Lipinski definition) is 1. The fourth-order valence-electron chi connectivity index (χ4n) is 2.10. The van der Waals surface area contributed by atoms with Crippen molar-refractivity contribution < 1.29 is 19.0 Å². The molecule has 0 saturated carbocycles. The highest BCUT2D eigenvalue weighted by Crippen LogP contribution is 2.38. The van der Waals surface area contributed by atoms with Crippen LogP contribution in [0.4, 0.5) is 9.93 Å². The second kappa shape index (κ2) is 6.31. The van der Waals surface area contributed by atoms with Gasteiger partial charge in [0, 0.05) is 27.1 Å². The first kappa shape index (κ1) is 14.2. The summed E-state index contributed by atoms with van der Waals surface area (Å²) in [6, 6.07) is 0. The van der Waals surface area contributed by atoms with Gasteiger partial charge in [0.15, 0.2) is 5.13 Å². The number of carbonyl (C=O) groups excluding carboxylic acids is 1. The monoisotopic (exact) mass is 286 g/mol. The van der Waals surface area contributed by atoms with E-state index in [1.807, 2.05) is 0 Å². The molecule has 1 aromatic heterocycles. The van der Waals surface area contributed by atoms with Crippen LogP contribution in [0.15, 0.2) is 0 Å². The van der Waals surface area contributed by atoms with E-state index in [1.165, 1.54) is 11.3 Å². The first-order valence-corrected chi connectivity index (χ1v) is 6.98. The van der Waals surface area contributed by atoms with E-state index in [0.29, 0.717) is 11.7 Å². The molecular formula is C12H18N2O4S. The molecule has 1 aromatic rings. The molecule has 0 spiro atoms. The third kappa shape index (κ3) is 3.23. The van der Waals surface area contributed by atoms with Crippen LogP contribution in [0.1, 0.15) is 30.0 Å². The van der Waals surface area contributed by atoms with Crippen LogP contribution in [0.3, 0.4) is 0 Å². The Morgan fingerprint density at radius 1 is 1.47 bits per heavy atom. The number of aromatic nitrogens is 1. The Kier molecular flexibility index (Phi) is 4.73. The van der Waals surface area contributed by atoms with E-state index in [1.54, 1.807) is 21.1 Å². The zero-order chi connectivity index (χ0) is 13.8. The number of ether oxygens (including phenoxy) is 3. The average Bonchev–Trinajstić information content (AvgIpc) is 2.79. The summed E-state index contributed by atoms with van der Waals surface area (Å²) < 4.78 is 15.7. The number of anilines is 1. The summed E-state index contributed by atoms with van der Waals surface area (Å²) >= 11 is 1.43. The van der Waals surface area contributed by atoms with Gasteiger partial charge in [0.25, 0.3) is 0 Å². The van der Waals surface area contributed by atoms with Crippen molar-refractivity contribution in [3.05, 3.63) is 10.6 Å². The Morgan fingerprint density at radius 2 is 2.26 bits per heavy atom. The van der Waals surface area contributed by atoms with Gasteiger partial charge in [0.1, 0.15) is 0 Å². The maximum atomic E-state index is 11.4. The molecule has 0 aliphatic heterocycles. The Labute approximate surface area is 116 Å². The molecule has 1 aliphatic carbocycles. The standard InChI is InChI=1S/C12H18N2O4S/c1-4-18-12(15)14-11-13-8-5-7(16-2)6-9(17-3)10(8)19-11/h7,9H,4-6H2,1-3H3,(H,13,14,15). The summed E-state index contributed by atoms with van der Waals surface area (Å²) in [6.07, 6.45) is 1.15. The van der Waals surface area contributed by atoms with Crippen LogP contribution >= 0.6 is 11.3 Å². The SMILES string of the molecule is CCOC(=O)Nc1nc2c(s1)C(OC)CC(OC)C2. The molecular weight excluding hydrogens is 268 g/mol. The summed E-state index contributed by atoms with van der Waals surface area (Å²) in [5, 5.41) is 3.17. The van der Waals surface area contributed by atoms with E-state index in [9.17, 15) is 4.79 Å². The van der Waals surface area contributed by atoms with Crippen molar-refractivity contribution in [2.24, 2.45) is 0 Å². The number of methoxy groups -OCH3 is 2. The highest BCUT2D eigenvalue weighted by molar-refractivity contribution is 7.16. The van der Waals surface area contributed by atoms with E-state index in [4.69, 9.17) is 14.2 Å². The molecule has 106 valence electrons. The smallest absolute Gasteiger partial charge is 0.413 e. The summed E-state index contributed by atoms with van der Waals surface area (Å²) in [5.74, 6) is 0. The Hall–Kier alpha value is -1.18. The van der Waals surface area contributed by atoms with E-state index < -0.39 is 6.09 Å². The first-order chi connectivity index (χ1) is 9.17. The number of thiazole rings is 1. The minimum Gasteiger partial charge on any atom is -0.450 e. The van der Waals surface area contributed by atoms with Crippen LogP contribution < -0.4 is 5.32 Å². The van der Waals surface area contributed by atoms with Crippen molar-refractivity contribution in [2.75, 3.05) is 26.1 Å². The van der Waals surface area contributed by atoms with Crippen molar-refractivity contribution in [3.8, 4) is 0 Å². The fourth-order valence-corrected chi connectivity index (χ4v) is 3.17. The molecule has 1 heterocycles. The van der Waals surface area contributed by atoms with Gasteiger partial charge < -0.3 is 14.2 Å². The fraction of sp³-hybridized carbons (Fsp3) is 0.667. The second-order valence-electron chi connectivity index (χ2n) is 4.20. The number of rotatable bonds is 4. The maximum absolute atomic E-state index is 11.4. The maximum Gasteiger partial charge on any atom is 0.413 e. The molecule has 1 amide bonds. The molecule has 0 aromatic carbocycles. The largest absolute Gasteiger partial charge is 0.450 e. The molecule has 0 fully saturated rings. The van der Waals surface area contributed by atoms with Gasteiger partial charge in [0.05, 0.1) is 29.4 Å². The number of nitrogens with zero attached hydrogens (tertiary/aromatic N) is 1. The lowest BCUT2D eigenvalue weighted by molar-refractivity contribution is 0.0131. The van der Waals surface area contributed by atoms with Crippen LogP contribution in [-0.2, 0) is 20.6 Å². The lowest BCUT2D eigenvalue weighted by Crippen LogP contribution is -2.24. The van der Waals surface area contributed by atoms with Crippen molar-refractivity contribution >= 4 is 22.6 Å². The molecule has 19 heavy (non-hydrogen) atoms. The van der Waals surface area contributed by atoms with Gasteiger partial charge in [-0.2, -0.15) is 0 Å². The molecule has 0 radical (unpaired) electrons. The molecule has 0 saturated heterocycles. The molecule has 2 unspecified atom stereocenters. The van der Waals surface area contributed by atoms with Crippen LogP contribution in [0, 0.1) is 0 Å². The van der Waals surface area contributed by atoms with Gasteiger partial charge in [-0.25, -0.2) is 9.78 Å². The van der Waals surface area contributed by atoms with Gasteiger partial charge in [-0.1, -0.05) is 11.3 Å². The van der Waals surface area contributed by atoms with Gasteiger partial charge in [0.2, 0.25) is 0 Å². The normalized spacial score (nSPS) is 21.8. The quantitative estimate of drug-likeness (QED) is 0.920. The number of fused-ring (bicyclic) bond motifs is 1. The Bertz CT molecular complexity index is 449. The topological polar surface area (TPSA) is 69.7 Å². The highest BCUT2D eigenvalue weighted by Gasteiger charge is 2.30. The first-order valence-electron chi connectivity index (χ1n) is 6.16. The zero-order valence-electron chi connectivity index (χ0n) is 11.3. The molecule has 0 bridgehead atoms. The molecule has 2 atom stereocenters. The van der Waals surface area contributed by atoms with Crippen molar-refractivity contribution in [3.63, 3.8) is 0 Å². The lowest BCUT2D eigenvalue weighted by Gasteiger charge is -2.26. The minimum absolute atomic E-state index is 0.0241. The predicted octanol–water partition coefficient (Wildman–Crippen LogP) is 2.36. The summed E-state index contributed by atoms with van der Waals surface area (Å²) in [5.41, 5.74) is 0.932. The molecule has 2 rings (SSSR count). The zero-order valence-corrected chi connectivity index (χ0v) is 12.1. The van der Waals surface area contributed by atoms with Crippen molar-refractivity contribution in [1.82, 2.24) is 4.98 Å². The number of nitrogens with one attached hydrogen (secondary N) is 1. The van der Waals surface area contributed by atoms with E-state index >= 15 is 0 Å². The second-order valence-corrected chi connectivity index (χ2v) is 5.23. The van der Waals surface area contributed by atoms with Crippen molar-refractivity contribution in [2.45, 2.75) is 32.0 Å². The number of carbonyl (C=O) groups is 1. The summed E-state index contributed by atoms with van der Waals surface area (Å²) in [7, 11) is 3.36. The van der Waals surface area contributed by atoms with Crippen LogP contribution in [0.25, 0.3) is 0 Å². The molecule has 7 heteroatoms. The van der Waals surface area contributed by atoms with Crippen LogP contribution in [0.5, 0.6) is 0 Å². The molecule has 1 aliphatic rings. The van der Waals surface area contributed by atoms with Gasteiger partial charge in [-0.15, -0.1) is 0 Å². The number of amides is 1. The van der Waals surface area contributed by atoms with Gasteiger partial charge in [-0.05, 0) is 6.92 Å². The predicted molar refractivity (Wildman–Crippen MR) is 71.6 cm³/mol. The van der Waals surface area contributed by atoms with Crippen LogP contribution in [0.2, 0.25) is 0 Å². The highest BCUT2D eigenvalue weighted by atomic mass is 32.1. The third-order valence-corrected chi connectivity index (χ3v) is 4.13. The summed E-state index contributed by atoms with van der Waals surface area (Å²) in [4.78, 5) is 16.8. The lowest BCUT2D eigenvalue weighted by atomic mass is 9.97. The van der Waals surface area contributed by atoms with Crippen LogP contribution in [-0.4, -0.2) is 38.0 Å². The van der Waals surface area contributed by atoms with E-state index in [-0.39, 0.29) is 12.2 Å². The number of hydrogen-bond acceptors (Lipinski definition) is 6. The van der Waals surface area contributed by atoms with E-state index in [2.05, 4.69) is 10.3 Å². The molecule has 1 N–H and O–H groups in total. The van der Waals surface area contributed by atoms with Gasteiger partial charge >= 0.3 is 6.09 Å². The molecule has 6 nitrogen and oxygen atoms in total. The minimum atomic E-state index is -0.481. The van der Waals surface area contributed by atoms with E-state index in [0.717, 1.165) is 23.4 Å². The Morgan fingerprint density at radius 3 is 2.89 bits per heavy atom.